The van der Waals surface area contributed by atoms with E-state index < -0.39 is 0 Å². The van der Waals surface area contributed by atoms with E-state index in [9.17, 15) is 4.79 Å². The van der Waals surface area contributed by atoms with E-state index in [2.05, 4.69) is 14.9 Å². The molecule has 4 rings (SSSR count). The summed E-state index contributed by atoms with van der Waals surface area (Å²) in [7, 11) is 2.02. The Bertz CT molecular complexity index is 734. The lowest BCUT2D eigenvalue weighted by Crippen LogP contribution is -2.44. The minimum absolute atomic E-state index is 0.0984. The van der Waals surface area contributed by atoms with Crippen LogP contribution in [0.3, 0.4) is 0 Å². The fourth-order valence-electron chi connectivity index (χ4n) is 4.07. The highest BCUT2D eigenvalue weighted by Crippen LogP contribution is 2.28. The molecular weight excluding hydrogens is 302 g/mol. The molecule has 6 heteroatoms. The van der Waals surface area contributed by atoms with Crippen molar-refractivity contribution >= 4 is 17.2 Å². The van der Waals surface area contributed by atoms with Crippen molar-refractivity contribution in [1.29, 1.82) is 0 Å². The van der Waals surface area contributed by atoms with Gasteiger partial charge in [0, 0.05) is 38.3 Å². The van der Waals surface area contributed by atoms with Gasteiger partial charge >= 0.3 is 6.03 Å². The summed E-state index contributed by atoms with van der Waals surface area (Å²) in [4.78, 5) is 23.6. The molecule has 1 saturated carbocycles. The number of hydrogen-bond donors (Lipinski definition) is 1. The summed E-state index contributed by atoms with van der Waals surface area (Å²) in [6, 6.07) is 4.37. The smallest absolute Gasteiger partial charge is 0.317 e. The van der Waals surface area contributed by atoms with Gasteiger partial charge < -0.3 is 14.8 Å². The van der Waals surface area contributed by atoms with E-state index in [0.29, 0.717) is 12.0 Å². The highest BCUT2D eigenvalue weighted by atomic mass is 16.2. The van der Waals surface area contributed by atoms with Crippen molar-refractivity contribution in [2.24, 2.45) is 7.05 Å². The molecule has 0 spiro atoms. The van der Waals surface area contributed by atoms with Gasteiger partial charge in [0.1, 0.15) is 11.3 Å². The first-order valence-electron chi connectivity index (χ1n) is 9.05. The maximum Gasteiger partial charge on any atom is 0.317 e. The van der Waals surface area contributed by atoms with E-state index in [1.54, 1.807) is 6.20 Å². The Labute approximate surface area is 142 Å². The monoisotopic (exact) mass is 327 g/mol. The second-order valence-electron chi connectivity index (χ2n) is 7.09. The summed E-state index contributed by atoms with van der Waals surface area (Å²) < 4.78 is 2.07. The number of fused-ring (bicyclic) bond motifs is 1. The van der Waals surface area contributed by atoms with E-state index in [1.807, 2.05) is 24.1 Å². The molecule has 2 aromatic heterocycles. The Hall–Kier alpha value is -2.11. The van der Waals surface area contributed by atoms with Crippen molar-refractivity contribution in [2.75, 3.05) is 13.1 Å². The topological polar surface area (TPSA) is 63.1 Å². The molecule has 2 aromatic rings. The van der Waals surface area contributed by atoms with Crippen LogP contribution in [0.5, 0.6) is 0 Å². The Balaban J connectivity index is 1.43. The highest BCUT2D eigenvalue weighted by molar-refractivity contribution is 5.75. The Kier molecular flexibility index (Phi) is 4.12. The van der Waals surface area contributed by atoms with Crippen molar-refractivity contribution in [1.82, 2.24) is 24.8 Å². The van der Waals surface area contributed by atoms with Gasteiger partial charge in [-0.25, -0.2) is 14.8 Å². The van der Waals surface area contributed by atoms with Crippen LogP contribution in [0.1, 0.15) is 50.3 Å². The van der Waals surface area contributed by atoms with Gasteiger partial charge in [-0.15, -0.1) is 0 Å². The SMILES string of the molecule is Cn1c(C2CCN(C(=O)NC3CCCCC3)C2)nc2cccnc21. The molecule has 0 aromatic carbocycles. The first-order chi connectivity index (χ1) is 11.7. The molecule has 6 nitrogen and oxygen atoms in total. The van der Waals surface area contributed by atoms with E-state index in [0.717, 1.165) is 49.3 Å². The lowest BCUT2D eigenvalue weighted by molar-refractivity contribution is 0.200. The molecule has 128 valence electrons. The first kappa shape index (κ1) is 15.4. The van der Waals surface area contributed by atoms with Gasteiger partial charge in [-0.1, -0.05) is 19.3 Å². The van der Waals surface area contributed by atoms with Crippen LogP contribution in [0.25, 0.3) is 11.2 Å². The molecule has 0 bridgehead atoms. The molecule has 3 heterocycles. The molecule has 1 aliphatic carbocycles. The Morgan fingerprint density at radius 3 is 2.88 bits per heavy atom. The zero-order valence-corrected chi connectivity index (χ0v) is 14.2. The van der Waals surface area contributed by atoms with Crippen LogP contribution in [-0.4, -0.2) is 44.6 Å². The van der Waals surface area contributed by atoms with Crippen molar-refractivity contribution in [2.45, 2.75) is 50.5 Å². The number of carbonyl (C=O) groups is 1. The fraction of sp³-hybridized carbons (Fsp3) is 0.611. The van der Waals surface area contributed by atoms with Crippen LogP contribution in [0.4, 0.5) is 4.79 Å². The average Bonchev–Trinajstić information content (AvgIpc) is 3.21. The van der Waals surface area contributed by atoms with Gasteiger partial charge in [-0.05, 0) is 31.4 Å². The van der Waals surface area contributed by atoms with Crippen molar-refractivity contribution in [3.05, 3.63) is 24.2 Å². The minimum Gasteiger partial charge on any atom is -0.335 e. The standard InChI is InChI=1S/C18H25N5O/c1-22-16(21-15-8-5-10-19-17(15)22)13-9-11-23(12-13)18(24)20-14-6-3-2-4-7-14/h5,8,10,13-14H,2-4,6-7,9,11-12H2,1H3,(H,20,24). The second kappa shape index (κ2) is 6.42. The third-order valence-corrected chi connectivity index (χ3v) is 5.44. The number of likely N-dealkylation sites (tertiary alicyclic amines) is 1. The lowest BCUT2D eigenvalue weighted by Gasteiger charge is -2.26. The highest BCUT2D eigenvalue weighted by Gasteiger charge is 2.31. The second-order valence-corrected chi connectivity index (χ2v) is 7.09. The molecule has 0 radical (unpaired) electrons. The molecule has 1 atom stereocenters. The van der Waals surface area contributed by atoms with Crippen LogP contribution in [-0.2, 0) is 7.05 Å². The first-order valence-corrected chi connectivity index (χ1v) is 9.05. The molecule has 2 amide bonds. The third kappa shape index (κ3) is 2.85. The number of nitrogens with one attached hydrogen (secondary N) is 1. The van der Waals surface area contributed by atoms with Gasteiger partial charge in [-0.3, -0.25) is 0 Å². The van der Waals surface area contributed by atoms with E-state index in [1.165, 1.54) is 19.3 Å². The predicted molar refractivity (Wildman–Crippen MR) is 92.8 cm³/mol. The Morgan fingerprint density at radius 2 is 2.08 bits per heavy atom. The van der Waals surface area contributed by atoms with Crippen LogP contribution in [0.15, 0.2) is 18.3 Å². The van der Waals surface area contributed by atoms with Crippen molar-refractivity contribution < 1.29 is 4.79 Å². The number of pyridine rings is 1. The number of nitrogens with zero attached hydrogens (tertiary/aromatic N) is 4. The van der Waals surface area contributed by atoms with Crippen LogP contribution < -0.4 is 5.32 Å². The largest absolute Gasteiger partial charge is 0.335 e. The number of hydrogen-bond acceptors (Lipinski definition) is 3. The normalized spacial score (nSPS) is 22.2. The molecule has 1 N–H and O–H groups in total. The van der Waals surface area contributed by atoms with E-state index in [4.69, 9.17) is 4.98 Å². The lowest BCUT2D eigenvalue weighted by atomic mass is 9.96. The quantitative estimate of drug-likeness (QED) is 0.922. The van der Waals surface area contributed by atoms with Crippen molar-refractivity contribution in [3.63, 3.8) is 0 Å². The summed E-state index contributed by atoms with van der Waals surface area (Å²) in [5, 5.41) is 3.22. The maximum atomic E-state index is 12.5. The molecule has 2 fully saturated rings. The molecule has 1 unspecified atom stereocenters. The molecule has 1 aliphatic heterocycles. The average molecular weight is 327 g/mol. The molecule has 2 aliphatic rings. The van der Waals surface area contributed by atoms with Crippen LogP contribution >= 0.6 is 0 Å². The molecular formula is C18H25N5O. The van der Waals surface area contributed by atoms with Gasteiger partial charge in [-0.2, -0.15) is 0 Å². The van der Waals surface area contributed by atoms with Gasteiger partial charge in [0.15, 0.2) is 5.65 Å². The summed E-state index contributed by atoms with van der Waals surface area (Å²) in [6.45, 7) is 1.55. The van der Waals surface area contributed by atoms with Crippen molar-refractivity contribution in [3.8, 4) is 0 Å². The van der Waals surface area contributed by atoms with E-state index >= 15 is 0 Å². The Morgan fingerprint density at radius 1 is 1.25 bits per heavy atom. The van der Waals surface area contributed by atoms with E-state index in [-0.39, 0.29) is 6.03 Å². The van der Waals surface area contributed by atoms with Gasteiger partial charge in [0.05, 0.1) is 0 Å². The maximum absolute atomic E-state index is 12.5. The minimum atomic E-state index is 0.0984. The fourth-order valence-corrected chi connectivity index (χ4v) is 4.07. The molecule has 24 heavy (non-hydrogen) atoms. The zero-order chi connectivity index (χ0) is 16.5. The van der Waals surface area contributed by atoms with Gasteiger partial charge in [0.25, 0.3) is 0 Å². The number of carbonyl (C=O) groups excluding carboxylic acids is 1. The summed E-state index contributed by atoms with van der Waals surface area (Å²) in [5.41, 5.74) is 1.85. The summed E-state index contributed by atoms with van der Waals surface area (Å²) in [5.74, 6) is 1.33. The number of amides is 2. The number of aromatic nitrogens is 3. The summed E-state index contributed by atoms with van der Waals surface area (Å²) in [6.07, 6.45) is 8.79. The number of urea groups is 1. The number of rotatable bonds is 2. The number of aryl methyl sites for hydroxylation is 1. The van der Waals surface area contributed by atoms with Gasteiger partial charge in [0.2, 0.25) is 0 Å². The predicted octanol–water partition coefficient (Wildman–Crippen LogP) is 2.80. The summed E-state index contributed by atoms with van der Waals surface area (Å²) >= 11 is 0. The van der Waals surface area contributed by atoms with Crippen LogP contribution in [0, 0.1) is 0 Å². The third-order valence-electron chi connectivity index (χ3n) is 5.44. The molecule has 1 saturated heterocycles. The zero-order valence-electron chi connectivity index (χ0n) is 14.2. The number of imidazole rings is 1. The van der Waals surface area contributed by atoms with Crippen LogP contribution in [0.2, 0.25) is 0 Å².